The number of nitrogens with zero attached hydrogens (tertiary/aromatic N) is 2. The second kappa shape index (κ2) is 8.01. The molecule has 0 radical (unpaired) electrons. The third-order valence-corrected chi connectivity index (χ3v) is 3.96. The number of hydrogen-bond donors (Lipinski definition) is 0. The molecule has 1 aliphatic rings. The summed E-state index contributed by atoms with van der Waals surface area (Å²) in [6, 6.07) is 11.3. The quantitative estimate of drug-likeness (QED) is 0.318. The van der Waals surface area contributed by atoms with Gasteiger partial charge in [-0.1, -0.05) is 30.7 Å². The van der Waals surface area contributed by atoms with Gasteiger partial charge < -0.3 is 9.47 Å². The van der Waals surface area contributed by atoms with Gasteiger partial charge in [-0.15, -0.1) is 0 Å². The number of rotatable bonds is 6. The van der Waals surface area contributed by atoms with E-state index in [0.29, 0.717) is 17.9 Å². The maximum Gasteiger partial charge on any atom is 0.363 e. The van der Waals surface area contributed by atoms with Crippen molar-refractivity contribution in [2.45, 2.75) is 13.3 Å². The molecular formula is C19H15ClN2O5. The van der Waals surface area contributed by atoms with Gasteiger partial charge in [-0.25, -0.2) is 9.79 Å². The van der Waals surface area contributed by atoms with Crippen LogP contribution in [0.2, 0.25) is 5.02 Å². The van der Waals surface area contributed by atoms with Gasteiger partial charge in [0.1, 0.15) is 10.8 Å². The lowest BCUT2D eigenvalue weighted by Crippen LogP contribution is -2.06. The lowest BCUT2D eigenvalue weighted by Gasteiger charge is -2.04. The van der Waals surface area contributed by atoms with E-state index in [0.717, 1.165) is 12.0 Å². The Morgan fingerprint density at radius 3 is 2.85 bits per heavy atom. The van der Waals surface area contributed by atoms with E-state index < -0.39 is 10.9 Å². The summed E-state index contributed by atoms with van der Waals surface area (Å²) >= 11 is 5.80. The maximum absolute atomic E-state index is 12.1. The van der Waals surface area contributed by atoms with E-state index in [1.165, 1.54) is 18.2 Å². The number of carbonyl (C=O) groups excluding carboxylic acids is 1. The van der Waals surface area contributed by atoms with Crippen LogP contribution in [-0.2, 0) is 9.53 Å². The Balaban J connectivity index is 1.89. The number of nitro benzene ring substituents is 1. The molecule has 8 heteroatoms. The van der Waals surface area contributed by atoms with Gasteiger partial charge in [0.2, 0.25) is 5.90 Å². The molecule has 3 rings (SSSR count). The molecule has 0 aromatic heterocycles. The van der Waals surface area contributed by atoms with E-state index >= 15 is 0 Å². The monoisotopic (exact) mass is 386 g/mol. The predicted molar refractivity (Wildman–Crippen MR) is 101 cm³/mol. The first-order chi connectivity index (χ1) is 13.0. The molecule has 0 spiro atoms. The van der Waals surface area contributed by atoms with E-state index in [-0.39, 0.29) is 22.3 Å². The summed E-state index contributed by atoms with van der Waals surface area (Å²) in [5, 5.41) is 11.0. The van der Waals surface area contributed by atoms with Gasteiger partial charge in [-0.2, -0.15) is 0 Å². The SMILES string of the molecule is CCCOc1cccc(C=C2N=C(c3ccc(Cl)c([N+](=O)[O-])c3)OC2=O)c1. The zero-order valence-electron chi connectivity index (χ0n) is 14.3. The first-order valence-corrected chi connectivity index (χ1v) is 8.55. The number of hydrogen-bond acceptors (Lipinski definition) is 6. The Kier molecular flexibility index (Phi) is 5.52. The van der Waals surface area contributed by atoms with Crippen LogP contribution in [-0.4, -0.2) is 23.4 Å². The minimum absolute atomic E-state index is 0.00617. The van der Waals surface area contributed by atoms with Crippen LogP contribution in [0.4, 0.5) is 5.69 Å². The van der Waals surface area contributed by atoms with Gasteiger partial charge >= 0.3 is 5.97 Å². The molecule has 0 unspecified atom stereocenters. The second-order valence-corrected chi connectivity index (χ2v) is 6.09. The molecule has 1 aliphatic heterocycles. The van der Waals surface area contributed by atoms with Crippen molar-refractivity contribution in [3.05, 3.63) is 74.4 Å². The van der Waals surface area contributed by atoms with Crippen LogP contribution in [0.15, 0.2) is 53.2 Å². The van der Waals surface area contributed by atoms with E-state index in [2.05, 4.69) is 4.99 Å². The van der Waals surface area contributed by atoms with Gasteiger partial charge in [0.05, 0.1) is 11.5 Å². The molecule has 27 heavy (non-hydrogen) atoms. The van der Waals surface area contributed by atoms with Crippen LogP contribution >= 0.6 is 11.6 Å². The van der Waals surface area contributed by atoms with Crippen molar-refractivity contribution in [3.8, 4) is 5.75 Å². The lowest BCUT2D eigenvalue weighted by atomic mass is 10.2. The minimum Gasteiger partial charge on any atom is -0.494 e. The molecule has 0 N–H and O–H groups in total. The van der Waals surface area contributed by atoms with Gasteiger partial charge in [0.25, 0.3) is 5.69 Å². The molecule has 2 aromatic carbocycles. The molecule has 138 valence electrons. The summed E-state index contributed by atoms with van der Waals surface area (Å²) in [7, 11) is 0. The lowest BCUT2D eigenvalue weighted by molar-refractivity contribution is -0.384. The Morgan fingerprint density at radius 1 is 1.30 bits per heavy atom. The van der Waals surface area contributed by atoms with E-state index in [1.54, 1.807) is 18.2 Å². The van der Waals surface area contributed by atoms with Crippen LogP contribution in [0, 0.1) is 10.1 Å². The molecule has 0 aliphatic carbocycles. The summed E-state index contributed by atoms with van der Waals surface area (Å²) in [5.41, 5.74) is 0.826. The molecule has 0 saturated carbocycles. The number of cyclic esters (lactones) is 1. The Morgan fingerprint density at radius 2 is 2.11 bits per heavy atom. The highest BCUT2D eigenvalue weighted by Crippen LogP contribution is 2.28. The zero-order valence-corrected chi connectivity index (χ0v) is 15.1. The van der Waals surface area contributed by atoms with Crippen LogP contribution in [0.5, 0.6) is 5.75 Å². The molecular weight excluding hydrogens is 372 g/mol. The Hall–Kier alpha value is -3.19. The summed E-state index contributed by atoms with van der Waals surface area (Å²) in [5.74, 6) is 0.0435. The average molecular weight is 387 g/mol. The molecule has 7 nitrogen and oxygen atoms in total. The van der Waals surface area contributed by atoms with Crippen molar-refractivity contribution in [1.29, 1.82) is 0 Å². The highest BCUT2D eigenvalue weighted by molar-refractivity contribution is 6.32. The fourth-order valence-corrected chi connectivity index (χ4v) is 2.58. The number of esters is 1. The van der Waals surface area contributed by atoms with Crippen molar-refractivity contribution in [2.75, 3.05) is 6.61 Å². The van der Waals surface area contributed by atoms with Crippen molar-refractivity contribution < 1.29 is 19.2 Å². The number of carbonyl (C=O) groups is 1. The van der Waals surface area contributed by atoms with Crippen molar-refractivity contribution in [2.24, 2.45) is 4.99 Å². The minimum atomic E-state index is -0.637. The van der Waals surface area contributed by atoms with Crippen LogP contribution in [0.25, 0.3) is 6.08 Å². The number of halogens is 1. The number of nitro groups is 1. The Bertz CT molecular complexity index is 968. The van der Waals surface area contributed by atoms with E-state index in [1.807, 2.05) is 19.1 Å². The fourth-order valence-electron chi connectivity index (χ4n) is 2.39. The molecule has 0 fully saturated rings. The van der Waals surface area contributed by atoms with E-state index in [9.17, 15) is 14.9 Å². The van der Waals surface area contributed by atoms with Gasteiger partial charge in [0, 0.05) is 11.6 Å². The third kappa shape index (κ3) is 4.32. The number of benzene rings is 2. The van der Waals surface area contributed by atoms with Gasteiger partial charge in [-0.3, -0.25) is 10.1 Å². The normalized spacial score (nSPS) is 14.8. The van der Waals surface area contributed by atoms with Crippen molar-refractivity contribution in [1.82, 2.24) is 0 Å². The van der Waals surface area contributed by atoms with Gasteiger partial charge in [0.15, 0.2) is 5.70 Å². The van der Waals surface area contributed by atoms with Crippen LogP contribution < -0.4 is 4.74 Å². The van der Waals surface area contributed by atoms with Crippen LogP contribution in [0.1, 0.15) is 24.5 Å². The standard InChI is InChI=1S/C19H15ClN2O5/c1-2-8-26-14-5-3-4-12(9-14)10-16-19(23)27-18(21-16)13-6-7-15(20)17(11-13)22(24)25/h3-7,9-11H,2,8H2,1H3. The highest BCUT2D eigenvalue weighted by atomic mass is 35.5. The predicted octanol–water partition coefficient (Wildman–Crippen LogP) is 4.38. The molecule has 0 atom stereocenters. The van der Waals surface area contributed by atoms with Crippen molar-refractivity contribution >= 4 is 35.2 Å². The molecule has 0 amide bonds. The zero-order chi connectivity index (χ0) is 19.4. The number of ether oxygens (including phenoxy) is 2. The molecule has 0 bridgehead atoms. The highest BCUT2D eigenvalue weighted by Gasteiger charge is 2.26. The summed E-state index contributed by atoms with van der Waals surface area (Å²) in [6.45, 7) is 2.61. The maximum atomic E-state index is 12.1. The summed E-state index contributed by atoms with van der Waals surface area (Å²) in [6.07, 6.45) is 2.46. The molecule has 2 aromatic rings. The second-order valence-electron chi connectivity index (χ2n) is 5.68. The number of aliphatic imine (C=N–C) groups is 1. The average Bonchev–Trinajstić information content (AvgIpc) is 3.01. The first kappa shape index (κ1) is 18.6. The smallest absolute Gasteiger partial charge is 0.363 e. The first-order valence-electron chi connectivity index (χ1n) is 8.17. The van der Waals surface area contributed by atoms with E-state index in [4.69, 9.17) is 21.1 Å². The molecule has 0 saturated heterocycles. The summed E-state index contributed by atoms with van der Waals surface area (Å²) in [4.78, 5) is 26.7. The topological polar surface area (TPSA) is 91.0 Å². The fraction of sp³-hybridized carbons (Fsp3) is 0.158. The summed E-state index contributed by atoms with van der Waals surface area (Å²) < 4.78 is 10.7. The Labute approximate surface area is 160 Å². The van der Waals surface area contributed by atoms with Crippen LogP contribution in [0.3, 0.4) is 0 Å². The third-order valence-electron chi connectivity index (χ3n) is 3.64. The largest absolute Gasteiger partial charge is 0.494 e. The molecule has 1 heterocycles. The van der Waals surface area contributed by atoms with Crippen molar-refractivity contribution in [3.63, 3.8) is 0 Å². The van der Waals surface area contributed by atoms with Gasteiger partial charge in [-0.05, 0) is 42.3 Å².